The number of aromatic nitrogens is 4. The minimum Gasteiger partial charge on any atom is -0.463 e. The van der Waals surface area contributed by atoms with Crippen molar-refractivity contribution in [1.29, 1.82) is 0 Å². The van der Waals surface area contributed by atoms with Crippen molar-refractivity contribution in [2.75, 3.05) is 7.11 Å². The number of ether oxygens (including phenoxy) is 1. The molecule has 0 unspecified atom stereocenters. The van der Waals surface area contributed by atoms with Crippen LogP contribution in [0.1, 0.15) is 16.2 Å². The molecule has 0 amide bonds. The Morgan fingerprint density at radius 2 is 1.70 bits per heavy atom. The molecule has 3 heterocycles. The standard InChI is InChI=1S/C20H15BrN4O4S/c1-12-3-5-16(6-4-12)30(27,28)25-17(8-13-7-15(21)11-24-19(13)25)14-9-22-18(23-10-14)20(26)29-2/h3-11H,1-2H3. The number of pyridine rings is 1. The topological polar surface area (TPSA) is 104 Å². The molecule has 0 aliphatic rings. The molecular formula is C20H15BrN4O4S. The first-order valence-electron chi connectivity index (χ1n) is 8.71. The fraction of sp³-hybridized carbons (Fsp3) is 0.100. The number of fused-ring (bicyclic) bond motifs is 1. The maximum absolute atomic E-state index is 13.5. The molecule has 0 N–H and O–H groups in total. The minimum absolute atomic E-state index is 0.119. The van der Waals surface area contributed by atoms with E-state index in [-0.39, 0.29) is 16.4 Å². The lowest BCUT2D eigenvalue weighted by Crippen LogP contribution is -2.15. The number of esters is 1. The summed E-state index contributed by atoms with van der Waals surface area (Å²) in [6.45, 7) is 1.88. The molecule has 0 radical (unpaired) electrons. The van der Waals surface area contributed by atoms with Gasteiger partial charge in [-0.25, -0.2) is 32.1 Å². The maximum Gasteiger partial charge on any atom is 0.376 e. The average Bonchev–Trinajstić information content (AvgIpc) is 3.13. The SMILES string of the molecule is COC(=O)c1ncc(-c2cc3cc(Br)cnc3n2S(=O)(=O)c2ccc(C)cc2)cn1. The van der Waals surface area contributed by atoms with Crippen molar-refractivity contribution in [2.45, 2.75) is 11.8 Å². The van der Waals surface area contributed by atoms with E-state index in [1.54, 1.807) is 36.4 Å². The number of carbonyl (C=O) groups excluding carboxylic acids is 1. The lowest BCUT2D eigenvalue weighted by atomic mass is 10.2. The summed E-state index contributed by atoms with van der Waals surface area (Å²) in [4.78, 5) is 24.1. The third kappa shape index (κ3) is 3.48. The van der Waals surface area contributed by atoms with Gasteiger partial charge in [-0.3, -0.25) is 0 Å². The molecule has 152 valence electrons. The van der Waals surface area contributed by atoms with Crippen LogP contribution in [-0.2, 0) is 14.8 Å². The fourth-order valence-corrected chi connectivity index (χ4v) is 4.80. The minimum atomic E-state index is -3.97. The highest BCUT2D eigenvalue weighted by Gasteiger charge is 2.25. The number of aryl methyl sites for hydroxylation is 1. The quantitative estimate of drug-likeness (QED) is 0.405. The molecule has 4 aromatic rings. The van der Waals surface area contributed by atoms with Gasteiger partial charge in [-0.1, -0.05) is 17.7 Å². The Hall–Kier alpha value is -3.11. The first-order chi connectivity index (χ1) is 14.3. The van der Waals surface area contributed by atoms with E-state index in [1.165, 1.54) is 25.7 Å². The monoisotopic (exact) mass is 486 g/mol. The van der Waals surface area contributed by atoms with Crippen molar-refractivity contribution in [2.24, 2.45) is 0 Å². The van der Waals surface area contributed by atoms with E-state index in [0.717, 1.165) is 9.54 Å². The molecule has 10 heteroatoms. The Bertz CT molecular complexity index is 1360. The van der Waals surface area contributed by atoms with Crippen molar-refractivity contribution >= 4 is 43.0 Å². The number of carbonyl (C=O) groups is 1. The normalized spacial score (nSPS) is 11.6. The summed E-state index contributed by atoms with van der Waals surface area (Å²) in [7, 11) is -2.74. The van der Waals surface area contributed by atoms with E-state index in [0.29, 0.717) is 21.1 Å². The Balaban J connectivity index is 1.96. The van der Waals surface area contributed by atoms with E-state index >= 15 is 0 Å². The van der Waals surface area contributed by atoms with Crippen LogP contribution in [0.2, 0.25) is 0 Å². The van der Waals surface area contributed by atoms with Gasteiger partial charge >= 0.3 is 5.97 Å². The average molecular weight is 487 g/mol. The van der Waals surface area contributed by atoms with E-state index in [4.69, 9.17) is 0 Å². The van der Waals surface area contributed by atoms with Gasteiger partial charge in [-0.2, -0.15) is 0 Å². The van der Waals surface area contributed by atoms with Gasteiger partial charge in [-0.15, -0.1) is 0 Å². The van der Waals surface area contributed by atoms with Crippen LogP contribution in [0, 0.1) is 6.92 Å². The number of halogens is 1. The van der Waals surface area contributed by atoms with Crippen LogP contribution in [0.25, 0.3) is 22.3 Å². The molecule has 0 aliphatic heterocycles. The van der Waals surface area contributed by atoms with Gasteiger partial charge in [0.05, 0.1) is 17.7 Å². The smallest absolute Gasteiger partial charge is 0.376 e. The molecule has 0 aliphatic carbocycles. The lowest BCUT2D eigenvalue weighted by molar-refractivity contribution is 0.0586. The number of rotatable bonds is 4. The summed E-state index contributed by atoms with van der Waals surface area (Å²) in [5.41, 5.74) is 1.95. The molecule has 0 fully saturated rings. The molecule has 30 heavy (non-hydrogen) atoms. The molecule has 0 spiro atoms. The van der Waals surface area contributed by atoms with Gasteiger partial charge in [0.1, 0.15) is 0 Å². The highest BCUT2D eigenvalue weighted by Crippen LogP contribution is 2.32. The highest BCUT2D eigenvalue weighted by molar-refractivity contribution is 9.10. The van der Waals surface area contributed by atoms with E-state index in [9.17, 15) is 13.2 Å². The molecule has 0 saturated heterocycles. The number of methoxy groups -OCH3 is 1. The van der Waals surface area contributed by atoms with Crippen molar-refractivity contribution < 1.29 is 17.9 Å². The fourth-order valence-electron chi connectivity index (χ4n) is 2.96. The second-order valence-corrected chi connectivity index (χ2v) is 9.17. The molecule has 0 saturated carbocycles. The predicted octanol–water partition coefficient (Wildman–Crippen LogP) is 3.59. The van der Waals surface area contributed by atoms with E-state index < -0.39 is 16.0 Å². The third-order valence-electron chi connectivity index (χ3n) is 4.44. The first kappa shape index (κ1) is 20.2. The summed E-state index contributed by atoms with van der Waals surface area (Å²) in [6.07, 6.45) is 4.29. The maximum atomic E-state index is 13.5. The Labute approximate surface area is 180 Å². The van der Waals surface area contributed by atoms with Gasteiger partial charge in [0, 0.05) is 34.0 Å². The highest BCUT2D eigenvalue weighted by atomic mass is 79.9. The number of nitrogens with zero attached hydrogens (tertiary/aromatic N) is 4. The number of benzene rings is 1. The number of hydrogen-bond acceptors (Lipinski definition) is 7. The van der Waals surface area contributed by atoms with Gasteiger partial charge in [-0.05, 0) is 47.1 Å². The molecular weight excluding hydrogens is 472 g/mol. The van der Waals surface area contributed by atoms with Crippen LogP contribution in [-0.4, -0.2) is 40.4 Å². The zero-order valence-corrected chi connectivity index (χ0v) is 18.3. The molecule has 0 atom stereocenters. The number of hydrogen-bond donors (Lipinski definition) is 0. The van der Waals surface area contributed by atoms with Gasteiger partial charge in [0.25, 0.3) is 10.0 Å². The second-order valence-electron chi connectivity index (χ2n) is 6.47. The molecule has 3 aromatic heterocycles. The van der Waals surface area contributed by atoms with Crippen LogP contribution in [0.15, 0.2) is 64.4 Å². The van der Waals surface area contributed by atoms with Crippen LogP contribution in [0.5, 0.6) is 0 Å². The van der Waals surface area contributed by atoms with Crippen LogP contribution >= 0.6 is 15.9 Å². The van der Waals surface area contributed by atoms with Crippen LogP contribution in [0.4, 0.5) is 0 Å². The Morgan fingerprint density at radius 3 is 2.33 bits per heavy atom. The Morgan fingerprint density at radius 1 is 1.03 bits per heavy atom. The molecule has 4 rings (SSSR count). The van der Waals surface area contributed by atoms with Crippen molar-refractivity contribution in [3.8, 4) is 11.3 Å². The summed E-state index contributed by atoms with van der Waals surface area (Å²) in [5, 5.41) is 0.618. The third-order valence-corrected chi connectivity index (χ3v) is 6.59. The lowest BCUT2D eigenvalue weighted by Gasteiger charge is -2.12. The van der Waals surface area contributed by atoms with E-state index in [1.807, 2.05) is 6.92 Å². The summed E-state index contributed by atoms with van der Waals surface area (Å²) >= 11 is 3.36. The summed E-state index contributed by atoms with van der Waals surface area (Å²) in [6, 6.07) is 10.0. The van der Waals surface area contributed by atoms with Gasteiger partial charge < -0.3 is 4.74 Å². The molecule has 8 nitrogen and oxygen atoms in total. The largest absolute Gasteiger partial charge is 0.463 e. The second kappa shape index (κ2) is 7.62. The summed E-state index contributed by atoms with van der Waals surface area (Å²) < 4.78 is 33.5. The zero-order valence-electron chi connectivity index (χ0n) is 15.9. The Kier molecular flexibility index (Phi) is 5.12. The zero-order chi connectivity index (χ0) is 21.5. The molecule has 0 bridgehead atoms. The predicted molar refractivity (Wildman–Crippen MR) is 114 cm³/mol. The van der Waals surface area contributed by atoms with Gasteiger partial charge in [0.15, 0.2) is 5.65 Å². The van der Waals surface area contributed by atoms with Crippen molar-refractivity contribution in [1.82, 2.24) is 18.9 Å². The van der Waals surface area contributed by atoms with Crippen LogP contribution in [0.3, 0.4) is 0 Å². The van der Waals surface area contributed by atoms with E-state index in [2.05, 4.69) is 35.6 Å². The van der Waals surface area contributed by atoms with Gasteiger partial charge in [0.2, 0.25) is 5.82 Å². The summed E-state index contributed by atoms with van der Waals surface area (Å²) in [5.74, 6) is -0.800. The first-order valence-corrected chi connectivity index (χ1v) is 10.9. The van der Waals surface area contributed by atoms with Crippen molar-refractivity contribution in [3.05, 3.63) is 70.8 Å². The van der Waals surface area contributed by atoms with Crippen LogP contribution < -0.4 is 0 Å². The molecule has 1 aromatic carbocycles. The van der Waals surface area contributed by atoms with Crippen molar-refractivity contribution in [3.63, 3.8) is 0 Å².